The van der Waals surface area contributed by atoms with Crippen LogP contribution < -0.4 is 20.5 Å². The number of nitrogens with zero attached hydrogens (tertiary/aromatic N) is 2. The van der Waals surface area contributed by atoms with Crippen LogP contribution in [-0.4, -0.2) is 49.4 Å². The van der Waals surface area contributed by atoms with Crippen LogP contribution >= 0.6 is 0 Å². The van der Waals surface area contributed by atoms with Crippen molar-refractivity contribution in [3.05, 3.63) is 90.0 Å². The van der Waals surface area contributed by atoms with E-state index in [0.717, 1.165) is 37.3 Å². The van der Waals surface area contributed by atoms with E-state index in [9.17, 15) is 9.59 Å². The molecule has 7 nitrogen and oxygen atoms in total. The highest BCUT2D eigenvalue weighted by atomic mass is 16.5. The number of anilines is 1. The number of benzene rings is 3. The highest BCUT2D eigenvalue weighted by molar-refractivity contribution is 5.91. The molecule has 1 fully saturated rings. The van der Waals surface area contributed by atoms with E-state index in [1.807, 2.05) is 54.6 Å². The first-order chi connectivity index (χ1) is 16.7. The third-order valence-corrected chi connectivity index (χ3v) is 6.42. The summed E-state index contributed by atoms with van der Waals surface area (Å²) in [7, 11) is 0. The first kappa shape index (κ1) is 22.0. The maximum absolute atomic E-state index is 13.1. The zero-order valence-electron chi connectivity index (χ0n) is 18.9. The molecule has 0 saturated carbocycles. The predicted molar refractivity (Wildman–Crippen MR) is 131 cm³/mol. The van der Waals surface area contributed by atoms with Crippen LogP contribution in [-0.2, 0) is 9.59 Å². The number of amides is 2. The standard InChI is InChI=1S/C27H28N4O3/c32-25(14-15-30-16-18-31(19-17-30)20-8-2-1-3-9-20)28-29-27(33)26-21-10-4-6-12-23(21)34-24-13-7-5-11-22(24)26/h1-13,26H,14-19H2,(H,28,32)(H,29,33). The summed E-state index contributed by atoms with van der Waals surface area (Å²) >= 11 is 0. The Hall–Kier alpha value is -3.84. The Morgan fingerprint density at radius 3 is 2.00 bits per heavy atom. The Morgan fingerprint density at radius 2 is 1.35 bits per heavy atom. The largest absolute Gasteiger partial charge is 0.457 e. The SMILES string of the molecule is O=C(CCN1CCN(c2ccccc2)CC1)NNC(=O)C1c2ccccc2Oc2ccccc21. The second kappa shape index (κ2) is 9.97. The summed E-state index contributed by atoms with van der Waals surface area (Å²) in [6, 6.07) is 25.4. The average Bonchev–Trinajstić information content (AvgIpc) is 2.90. The molecule has 1 saturated heterocycles. The molecule has 34 heavy (non-hydrogen) atoms. The Kier molecular flexibility index (Phi) is 6.44. The predicted octanol–water partition coefficient (Wildman–Crippen LogP) is 3.28. The molecule has 0 spiro atoms. The lowest BCUT2D eigenvalue weighted by Gasteiger charge is -2.36. The number of carbonyl (C=O) groups excluding carboxylic acids is 2. The van der Waals surface area contributed by atoms with Crippen LogP contribution in [0.3, 0.4) is 0 Å². The van der Waals surface area contributed by atoms with E-state index in [-0.39, 0.29) is 11.8 Å². The van der Waals surface area contributed by atoms with E-state index in [4.69, 9.17) is 4.74 Å². The van der Waals surface area contributed by atoms with Crippen molar-refractivity contribution in [1.29, 1.82) is 0 Å². The monoisotopic (exact) mass is 456 g/mol. The Bertz CT molecular complexity index is 1110. The molecule has 0 bridgehead atoms. The first-order valence-corrected chi connectivity index (χ1v) is 11.7. The second-order valence-electron chi connectivity index (χ2n) is 8.56. The van der Waals surface area contributed by atoms with Crippen molar-refractivity contribution in [2.24, 2.45) is 0 Å². The van der Waals surface area contributed by atoms with Crippen LogP contribution in [0.5, 0.6) is 11.5 Å². The van der Waals surface area contributed by atoms with Gasteiger partial charge in [-0.3, -0.25) is 25.3 Å². The number of para-hydroxylation sites is 3. The third kappa shape index (κ3) is 4.75. The molecule has 3 aromatic rings. The highest BCUT2D eigenvalue weighted by Crippen LogP contribution is 2.43. The fourth-order valence-corrected chi connectivity index (χ4v) is 4.59. The summed E-state index contributed by atoms with van der Waals surface area (Å²) in [5.74, 6) is 0.276. The summed E-state index contributed by atoms with van der Waals surface area (Å²) in [5, 5.41) is 0. The minimum Gasteiger partial charge on any atom is -0.457 e. The van der Waals surface area contributed by atoms with Gasteiger partial charge in [0.05, 0.1) is 5.92 Å². The summed E-state index contributed by atoms with van der Waals surface area (Å²) < 4.78 is 5.95. The van der Waals surface area contributed by atoms with Crippen LogP contribution in [0.25, 0.3) is 0 Å². The number of ether oxygens (including phenoxy) is 1. The fraction of sp³-hybridized carbons (Fsp3) is 0.259. The number of piperazine rings is 1. The lowest BCUT2D eigenvalue weighted by atomic mass is 9.87. The van der Waals surface area contributed by atoms with E-state index in [0.29, 0.717) is 24.5 Å². The summed E-state index contributed by atoms with van der Waals surface area (Å²) in [6.45, 7) is 4.34. The van der Waals surface area contributed by atoms with E-state index in [1.54, 1.807) is 0 Å². The van der Waals surface area contributed by atoms with Gasteiger partial charge in [0, 0.05) is 56.0 Å². The molecule has 2 amide bonds. The van der Waals surface area contributed by atoms with Gasteiger partial charge in [-0.25, -0.2) is 0 Å². The molecule has 2 aliphatic heterocycles. The van der Waals surface area contributed by atoms with Crippen molar-refractivity contribution in [1.82, 2.24) is 15.8 Å². The molecule has 5 rings (SSSR count). The van der Waals surface area contributed by atoms with Gasteiger partial charge in [-0.2, -0.15) is 0 Å². The van der Waals surface area contributed by atoms with E-state index in [1.165, 1.54) is 5.69 Å². The molecule has 7 heteroatoms. The first-order valence-electron chi connectivity index (χ1n) is 11.7. The van der Waals surface area contributed by atoms with Gasteiger partial charge in [0.25, 0.3) is 5.91 Å². The van der Waals surface area contributed by atoms with Gasteiger partial charge < -0.3 is 9.64 Å². The summed E-state index contributed by atoms with van der Waals surface area (Å²) in [6.07, 6.45) is 0.326. The molecule has 2 heterocycles. The third-order valence-electron chi connectivity index (χ3n) is 6.42. The number of hydrogen-bond donors (Lipinski definition) is 2. The minimum atomic E-state index is -0.549. The normalized spacial score (nSPS) is 15.6. The Balaban J connectivity index is 1.12. The maximum Gasteiger partial charge on any atom is 0.250 e. The lowest BCUT2D eigenvalue weighted by Crippen LogP contribution is -2.48. The molecule has 0 aromatic heterocycles. The number of fused-ring (bicyclic) bond motifs is 2. The van der Waals surface area contributed by atoms with Gasteiger partial charge in [-0.05, 0) is 24.3 Å². The Labute approximate surface area is 199 Å². The van der Waals surface area contributed by atoms with Gasteiger partial charge in [-0.1, -0.05) is 54.6 Å². The second-order valence-corrected chi connectivity index (χ2v) is 8.56. The van der Waals surface area contributed by atoms with E-state index in [2.05, 4.69) is 44.9 Å². The number of rotatable bonds is 5. The van der Waals surface area contributed by atoms with Crippen molar-refractivity contribution in [2.75, 3.05) is 37.6 Å². The number of hydrogen-bond acceptors (Lipinski definition) is 5. The van der Waals surface area contributed by atoms with Crippen molar-refractivity contribution >= 4 is 17.5 Å². The molecular formula is C27H28N4O3. The van der Waals surface area contributed by atoms with Crippen LogP contribution in [0.15, 0.2) is 78.9 Å². The zero-order chi connectivity index (χ0) is 23.3. The average molecular weight is 457 g/mol. The molecule has 2 N–H and O–H groups in total. The van der Waals surface area contributed by atoms with Gasteiger partial charge in [-0.15, -0.1) is 0 Å². The maximum atomic E-state index is 13.1. The van der Waals surface area contributed by atoms with Crippen LogP contribution in [0.1, 0.15) is 23.5 Å². The number of carbonyl (C=O) groups is 2. The molecule has 3 aromatic carbocycles. The van der Waals surface area contributed by atoms with Crippen LogP contribution in [0.2, 0.25) is 0 Å². The van der Waals surface area contributed by atoms with Gasteiger partial charge in [0.1, 0.15) is 11.5 Å². The lowest BCUT2D eigenvalue weighted by molar-refractivity contribution is -0.129. The van der Waals surface area contributed by atoms with Gasteiger partial charge in [0.15, 0.2) is 0 Å². The molecule has 0 radical (unpaired) electrons. The fourth-order valence-electron chi connectivity index (χ4n) is 4.59. The number of hydrazine groups is 1. The van der Waals surface area contributed by atoms with Crippen molar-refractivity contribution in [2.45, 2.75) is 12.3 Å². The highest BCUT2D eigenvalue weighted by Gasteiger charge is 2.32. The molecule has 0 aliphatic carbocycles. The topological polar surface area (TPSA) is 73.9 Å². The zero-order valence-corrected chi connectivity index (χ0v) is 18.9. The minimum absolute atomic E-state index is 0.201. The Morgan fingerprint density at radius 1 is 0.765 bits per heavy atom. The van der Waals surface area contributed by atoms with E-state index >= 15 is 0 Å². The van der Waals surface area contributed by atoms with E-state index < -0.39 is 5.92 Å². The molecule has 2 aliphatic rings. The summed E-state index contributed by atoms with van der Waals surface area (Å²) in [5.41, 5.74) is 8.03. The van der Waals surface area contributed by atoms with Crippen LogP contribution in [0.4, 0.5) is 5.69 Å². The number of nitrogens with one attached hydrogen (secondary N) is 2. The quantitative estimate of drug-likeness (QED) is 0.577. The van der Waals surface area contributed by atoms with Crippen molar-refractivity contribution in [3.63, 3.8) is 0 Å². The van der Waals surface area contributed by atoms with Crippen molar-refractivity contribution in [3.8, 4) is 11.5 Å². The molecular weight excluding hydrogens is 428 g/mol. The van der Waals surface area contributed by atoms with Crippen LogP contribution in [0, 0.1) is 0 Å². The molecule has 174 valence electrons. The van der Waals surface area contributed by atoms with Gasteiger partial charge in [0.2, 0.25) is 5.91 Å². The molecule has 0 unspecified atom stereocenters. The van der Waals surface area contributed by atoms with Gasteiger partial charge >= 0.3 is 0 Å². The molecule has 0 atom stereocenters. The van der Waals surface area contributed by atoms with Crippen molar-refractivity contribution < 1.29 is 14.3 Å². The smallest absolute Gasteiger partial charge is 0.250 e. The summed E-state index contributed by atoms with van der Waals surface area (Å²) in [4.78, 5) is 30.2.